The number of rotatable bonds is 4. The first-order valence-corrected chi connectivity index (χ1v) is 3.45. The maximum Gasteiger partial charge on any atom is 4.00 e. The van der Waals surface area contributed by atoms with Crippen LogP contribution in [0, 0.1) is 0 Å². The SMILES string of the molecule is O=C([O-])C=CC(=O)[O-].O=C([O-])C=CC(=O)[O-].[Zr+4]. The van der Waals surface area contributed by atoms with Gasteiger partial charge in [0, 0.05) is 0 Å². The van der Waals surface area contributed by atoms with Crippen molar-refractivity contribution in [1.29, 1.82) is 0 Å². The third kappa shape index (κ3) is 31.4. The molecule has 0 spiro atoms. The molecule has 0 bridgehead atoms. The molecule has 0 fully saturated rings. The van der Waals surface area contributed by atoms with Crippen LogP contribution in [0.4, 0.5) is 0 Å². The van der Waals surface area contributed by atoms with Gasteiger partial charge >= 0.3 is 26.2 Å². The average Bonchev–Trinajstić information content (AvgIpc) is 2.12. The van der Waals surface area contributed by atoms with Crippen molar-refractivity contribution in [3.8, 4) is 0 Å². The van der Waals surface area contributed by atoms with Gasteiger partial charge < -0.3 is 39.6 Å². The van der Waals surface area contributed by atoms with Gasteiger partial charge in [0.05, 0.1) is 23.9 Å². The number of carboxylic acid groups (broad SMARTS) is 4. The zero-order valence-corrected chi connectivity index (χ0v) is 10.5. The van der Waals surface area contributed by atoms with Crippen LogP contribution in [-0.4, -0.2) is 23.9 Å². The monoisotopic (exact) mass is 318 g/mol. The Labute approximate surface area is 114 Å². The molecule has 0 heterocycles. The largest absolute Gasteiger partial charge is 4.00 e. The summed E-state index contributed by atoms with van der Waals surface area (Å²) in [5.74, 6) is -6.19. The maximum absolute atomic E-state index is 9.41. The molecule has 0 saturated heterocycles. The van der Waals surface area contributed by atoms with Gasteiger partial charge in [-0.3, -0.25) is 0 Å². The molecule has 9 heteroatoms. The molecule has 0 amide bonds. The number of carboxylic acids is 4. The van der Waals surface area contributed by atoms with E-state index in [1.165, 1.54) is 0 Å². The molecule has 0 aromatic rings. The van der Waals surface area contributed by atoms with Crippen LogP contribution < -0.4 is 20.4 Å². The summed E-state index contributed by atoms with van der Waals surface area (Å²) in [4.78, 5) is 37.7. The molecule has 8 nitrogen and oxygen atoms in total. The minimum absolute atomic E-state index is 0. The van der Waals surface area contributed by atoms with Gasteiger partial charge in [-0.05, 0) is 24.3 Å². The van der Waals surface area contributed by atoms with Crippen molar-refractivity contribution in [3.05, 3.63) is 24.3 Å². The van der Waals surface area contributed by atoms with Crippen LogP contribution >= 0.6 is 0 Å². The molecule has 0 aliphatic heterocycles. The standard InChI is InChI=1S/2C4H4O4.Zr/c2*5-3(6)1-2-4(7)8;/h2*1-2H,(H,5,6)(H,7,8);/q;;+4/p-4. The summed E-state index contributed by atoms with van der Waals surface area (Å²) in [7, 11) is 0. The molecule has 0 aromatic carbocycles. The zero-order chi connectivity index (χ0) is 13.1. The topological polar surface area (TPSA) is 161 Å². The van der Waals surface area contributed by atoms with E-state index in [1.54, 1.807) is 0 Å². The van der Waals surface area contributed by atoms with E-state index in [0.29, 0.717) is 24.3 Å². The van der Waals surface area contributed by atoms with Crippen LogP contribution in [0.25, 0.3) is 0 Å². The fourth-order valence-corrected chi connectivity index (χ4v) is 0.272. The summed E-state index contributed by atoms with van der Waals surface area (Å²) in [5, 5.41) is 37.7. The van der Waals surface area contributed by atoms with E-state index < -0.39 is 23.9 Å². The number of hydrogen-bond donors (Lipinski definition) is 0. The molecule has 0 aromatic heterocycles. The molecule has 0 radical (unpaired) electrons. The van der Waals surface area contributed by atoms with Crippen LogP contribution in [0.2, 0.25) is 0 Å². The third-order valence-electron chi connectivity index (χ3n) is 0.711. The molecule has 0 atom stereocenters. The minimum atomic E-state index is -1.55. The van der Waals surface area contributed by atoms with Crippen LogP contribution in [0.15, 0.2) is 24.3 Å². The van der Waals surface area contributed by atoms with Gasteiger partial charge in [0.2, 0.25) is 0 Å². The second-order valence-corrected chi connectivity index (χ2v) is 1.94. The minimum Gasteiger partial charge on any atom is -0.545 e. The van der Waals surface area contributed by atoms with Gasteiger partial charge in [0.25, 0.3) is 0 Å². The molecular formula is C8H4O8Zr. The Morgan fingerprint density at radius 3 is 0.706 bits per heavy atom. The summed E-state index contributed by atoms with van der Waals surface area (Å²) in [5.41, 5.74) is 0. The quantitative estimate of drug-likeness (QED) is 0.463. The normalized spacial score (nSPS) is 8.94. The van der Waals surface area contributed by atoms with Crippen LogP contribution in [0.5, 0.6) is 0 Å². The molecule has 0 unspecified atom stereocenters. The van der Waals surface area contributed by atoms with E-state index in [1.807, 2.05) is 0 Å². The Bertz CT molecular complexity index is 277. The molecular weight excluding hydrogens is 315 g/mol. The number of hydrogen-bond acceptors (Lipinski definition) is 8. The van der Waals surface area contributed by atoms with Gasteiger partial charge in [-0.25, -0.2) is 0 Å². The second kappa shape index (κ2) is 12.3. The van der Waals surface area contributed by atoms with Gasteiger partial charge in [0.15, 0.2) is 0 Å². The van der Waals surface area contributed by atoms with E-state index in [9.17, 15) is 39.6 Å². The van der Waals surface area contributed by atoms with Gasteiger partial charge in [-0.1, -0.05) is 0 Å². The number of carbonyl (C=O) groups excluding carboxylic acids is 4. The van der Waals surface area contributed by atoms with Gasteiger partial charge in [0.1, 0.15) is 0 Å². The maximum atomic E-state index is 9.41. The molecule has 0 saturated carbocycles. The molecule has 0 N–H and O–H groups in total. The first-order valence-electron chi connectivity index (χ1n) is 3.45. The van der Waals surface area contributed by atoms with Gasteiger partial charge in [-0.2, -0.15) is 0 Å². The Kier molecular flexibility index (Phi) is 14.9. The van der Waals surface area contributed by atoms with Crippen molar-refractivity contribution in [2.24, 2.45) is 0 Å². The molecule has 88 valence electrons. The summed E-state index contributed by atoms with van der Waals surface area (Å²) in [6.45, 7) is 0. The van der Waals surface area contributed by atoms with E-state index in [-0.39, 0.29) is 26.2 Å². The van der Waals surface area contributed by atoms with Crippen molar-refractivity contribution in [2.75, 3.05) is 0 Å². The average molecular weight is 319 g/mol. The number of aliphatic carboxylic acids is 4. The first-order chi connectivity index (χ1) is 7.25. The van der Waals surface area contributed by atoms with E-state index in [0.717, 1.165) is 0 Å². The smallest absolute Gasteiger partial charge is 0.545 e. The van der Waals surface area contributed by atoms with E-state index in [2.05, 4.69) is 0 Å². The zero-order valence-electron chi connectivity index (χ0n) is 8.08. The fourth-order valence-electron chi connectivity index (χ4n) is 0.272. The third-order valence-corrected chi connectivity index (χ3v) is 0.711. The van der Waals surface area contributed by atoms with Crippen molar-refractivity contribution >= 4 is 23.9 Å². The summed E-state index contributed by atoms with van der Waals surface area (Å²) >= 11 is 0. The number of carbonyl (C=O) groups is 4. The van der Waals surface area contributed by atoms with Crippen LogP contribution in [0.1, 0.15) is 0 Å². The van der Waals surface area contributed by atoms with Crippen molar-refractivity contribution in [2.45, 2.75) is 0 Å². The van der Waals surface area contributed by atoms with Gasteiger partial charge in [-0.15, -0.1) is 0 Å². The van der Waals surface area contributed by atoms with Crippen LogP contribution in [-0.2, 0) is 45.4 Å². The van der Waals surface area contributed by atoms with Crippen molar-refractivity contribution in [1.82, 2.24) is 0 Å². The predicted octanol–water partition coefficient (Wildman–Crippen LogP) is -5.92. The van der Waals surface area contributed by atoms with Crippen LogP contribution in [0.3, 0.4) is 0 Å². The Morgan fingerprint density at radius 1 is 0.529 bits per heavy atom. The predicted molar refractivity (Wildman–Crippen MR) is 38.3 cm³/mol. The van der Waals surface area contributed by atoms with E-state index in [4.69, 9.17) is 0 Å². The van der Waals surface area contributed by atoms with Crippen molar-refractivity contribution < 1.29 is 65.8 Å². The molecule has 0 aliphatic carbocycles. The molecule has 0 aliphatic rings. The van der Waals surface area contributed by atoms with E-state index >= 15 is 0 Å². The molecule has 17 heavy (non-hydrogen) atoms. The Balaban J connectivity index is -0.000000218. The first kappa shape index (κ1) is 20.6. The second-order valence-electron chi connectivity index (χ2n) is 1.94. The summed E-state index contributed by atoms with van der Waals surface area (Å²) in [6, 6.07) is 0. The Hall–Kier alpha value is -1.76. The summed E-state index contributed by atoms with van der Waals surface area (Å²) < 4.78 is 0. The van der Waals surface area contributed by atoms with Crippen molar-refractivity contribution in [3.63, 3.8) is 0 Å². The summed E-state index contributed by atoms with van der Waals surface area (Å²) in [6.07, 6.45) is 1.54. The molecule has 0 rings (SSSR count). The fraction of sp³-hybridized carbons (Fsp3) is 0. The Morgan fingerprint density at radius 2 is 0.647 bits per heavy atom.